The predicted octanol–water partition coefficient (Wildman–Crippen LogP) is 1.44. The Kier molecular flexibility index (Phi) is 5.55. The van der Waals surface area contributed by atoms with Crippen LogP contribution in [0, 0.1) is 23.0 Å². The highest BCUT2D eigenvalue weighted by atomic mass is 32.2. The maximum atomic E-state index is 12.7. The summed E-state index contributed by atoms with van der Waals surface area (Å²) < 4.78 is 26.6. The number of piperidine rings is 1. The molecule has 132 valence electrons. The highest BCUT2D eigenvalue weighted by molar-refractivity contribution is 7.89. The standard InChI is InChI=1S/C15H21N3O5S/c1-3-16-15(19)12-6-8-17(9-7-12)24(22,23)13-5-4-11(2)14(10-13)18(20)21/h4-5,10,12H,3,6-9H2,1-2H3,(H,16,19). The Morgan fingerprint density at radius 1 is 1.38 bits per heavy atom. The van der Waals surface area contributed by atoms with Crippen LogP contribution in [0.3, 0.4) is 0 Å². The Labute approximate surface area is 141 Å². The number of hydrogen-bond acceptors (Lipinski definition) is 5. The van der Waals surface area contributed by atoms with Crippen LogP contribution in [0.1, 0.15) is 25.3 Å². The lowest BCUT2D eigenvalue weighted by Gasteiger charge is -2.30. The van der Waals surface area contributed by atoms with Crippen molar-refractivity contribution in [1.29, 1.82) is 0 Å². The average Bonchev–Trinajstić information content (AvgIpc) is 2.55. The average molecular weight is 355 g/mol. The number of carbonyl (C=O) groups is 1. The van der Waals surface area contributed by atoms with Gasteiger partial charge < -0.3 is 5.32 Å². The molecule has 9 heteroatoms. The van der Waals surface area contributed by atoms with Gasteiger partial charge in [0.2, 0.25) is 15.9 Å². The third-order valence-corrected chi connectivity index (χ3v) is 6.09. The van der Waals surface area contributed by atoms with Crippen LogP contribution in [0.5, 0.6) is 0 Å². The summed E-state index contributed by atoms with van der Waals surface area (Å²) in [7, 11) is -3.80. The molecule has 2 rings (SSSR count). The normalized spacial score (nSPS) is 16.8. The van der Waals surface area contributed by atoms with E-state index >= 15 is 0 Å². The van der Waals surface area contributed by atoms with E-state index in [1.807, 2.05) is 6.92 Å². The molecule has 8 nitrogen and oxygen atoms in total. The van der Waals surface area contributed by atoms with Crippen LogP contribution < -0.4 is 5.32 Å². The Balaban J connectivity index is 2.16. The van der Waals surface area contributed by atoms with E-state index in [2.05, 4.69) is 5.32 Å². The van der Waals surface area contributed by atoms with Gasteiger partial charge in [-0.15, -0.1) is 0 Å². The van der Waals surface area contributed by atoms with E-state index < -0.39 is 14.9 Å². The van der Waals surface area contributed by atoms with Gasteiger partial charge in [0.1, 0.15) is 0 Å². The largest absolute Gasteiger partial charge is 0.356 e. The second kappa shape index (κ2) is 7.27. The molecule has 1 heterocycles. The number of benzene rings is 1. The Hall–Kier alpha value is -2.00. The second-order valence-electron chi connectivity index (χ2n) is 5.78. The van der Waals surface area contributed by atoms with Crippen molar-refractivity contribution < 1.29 is 18.1 Å². The highest BCUT2D eigenvalue weighted by Crippen LogP contribution is 2.27. The van der Waals surface area contributed by atoms with Gasteiger partial charge in [0.15, 0.2) is 0 Å². The fourth-order valence-corrected chi connectivity index (χ4v) is 4.26. The van der Waals surface area contributed by atoms with E-state index in [0.717, 1.165) is 6.07 Å². The number of aryl methyl sites for hydroxylation is 1. The van der Waals surface area contributed by atoms with Gasteiger partial charge >= 0.3 is 0 Å². The molecule has 0 radical (unpaired) electrons. The van der Waals surface area contributed by atoms with Crippen molar-refractivity contribution in [1.82, 2.24) is 9.62 Å². The van der Waals surface area contributed by atoms with E-state index in [1.165, 1.54) is 16.4 Å². The van der Waals surface area contributed by atoms with Crippen molar-refractivity contribution in [2.45, 2.75) is 31.6 Å². The van der Waals surface area contributed by atoms with Crippen LogP contribution >= 0.6 is 0 Å². The number of hydrogen-bond donors (Lipinski definition) is 1. The molecular weight excluding hydrogens is 334 g/mol. The van der Waals surface area contributed by atoms with Gasteiger partial charge in [-0.05, 0) is 32.8 Å². The minimum Gasteiger partial charge on any atom is -0.356 e. The quantitative estimate of drug-likeness (QED) is 0.635. The van der Waals surface area contributed by atoms with E-state index in [4.69, 9.17) is 0 Å². The first-order valence-corrected chi connectivity index (χ1v) is 9.24. The molecule has 0 aliphatic carbocycles. The van der Waals surface area contributed by atoms with Crippen LogP contribution in [-0.2, 0) is 14.8 Å². The molecule has 24 heavy (non-hydrogen) atoms. The Morgan fingerprint density at radius 2 is 2.00 bits per heavy atom. The number of sulfonamides is 1. The Morgan fingerprint density at radius 3 is 2.54 bits per heavy atom. The monoisotopic (exact) mass is 355 g/mol. The second-order valence-corrected chi connectivity index (χ2v) is 7.72. The number of nitrogens with zero attached hydrogens (tertiary/aromatic N) is 2. The summed E-state index contributed by atoms with van der Waals surface area (Å²) in [4.78, 5) is 22.2. The molecule has 1 N–H and O–H groups in total. The van der Waals surface area contributed by atoms with Gasteiger partial charge in [-0.3, -0.25) is 14.9 Å². The van der Waals surface area contributed by atoms with E-state index in [9.17, 15) is 23.3 Å². The molecule has 0 spiro atoms. The smallest absolute Gasteiger partial charge is 0.273 e. The SMILES string of the molecule is CCNC(=O)C1CCN(S(=O)(=O)c2ccc(C)c([N+](=O)[O-])c2)CC1. The molecule has 1 aliphatic heterocycles. The lowest BCUT2D eigenvalue weighted by atomic mass is 9.97. The van der Waals surface area contributed by atoms with E-state index in [1.54, 1.807) is 6.92 Å². The maximum Gasteiger partial charge on any atom is 0.273 e. The fourth-order valence-electron chi connectivity index (χ4n) is 2.77. The van der Waals surface area contributed by atoms with E-state index in [0.29, 0.717) is 24.9 Å². The number of carbonyl (C=O) groups excluding carboxylic acids is 1. The summed E-state index contributed by atoms with van der Waals surface area (Å²) in [5, 5.41) is 13.8. The first-order valence-electron chi connectivity index (χ1n) is 7.80. The third kappa shape index (κ3) is 3.73. The molecule has 1 saturated heterocycles. The molecule has 1 amide bonds. The van der Waals surface area contributed by atoms with Crippen molar-refractivity contribution in [3.63, 3.8) is 0 Å². The molecule has 0 unspecified atom stereocenters. The van der Waals surface area contributed by atoms with E-state index in [-0.39, 0.29) is 35.5 Å². The zero-order valence-corrected chi connectivity index (χ0v) is 14.5. The summed E-state index contributed by atoms with van der Waals surface area (Å²) in [5.74, 6) is -0.246. The third-order valence-electron chi connectivity index (χ3n) is 4.19. The Bertz CT molecular complexity index is 739. The predicted molar refractivity (Wildman–Crippen MR) is 88.0 cm³/mol. The van der Waals surface area contributed by atoms with Crippen molar-refractivity contribution >= 4 is 21.6 Å². The van der Waals surface area contributed by atoms with Crippen LogP contribution in [0.25, 0.3) is 0 Å². The summed E-state index contributed by atoms with van der Waals surface area (Å²) >= 11 is 0. The molecule has 1 aromatic carbocycles. The van der Waals surface area contributed by atoms with Gasteiger partial charge in [-0.25, -0.2) is 8.42 Å². The van der Waals surface area contributed by atoms with Crippen molar-refractivity contribution in [3.8, 4) is 0 Å². The van der Waals surface area contributed by atoms with Crippen molar-refractivity contribution in [3.05, 3.63) is 33.9 Å². The van der Waals surface area contributed by atoms with Gasteiger partial charge in [0.25, 0.3) is 5.69 Å². The molecule has 0 aromatic heterocycles. The number of nitrogens with one attached hydrogen (secondary N) is 1. The molecule has 0 saturated carbocycles. The van der Waals surface area contributed by atoms with Crippen molar-refractivity contribution in [2.75, 3.05) is 19.6 Å². The molecule has 0 bridgehead atoms. The number of rotatable bonds is 5. The van der Waals surface area contributed by atoms with Crippen LogP contribution in [-0.4, -0.2) is 43.2 Å². The van der Waals surface area contributed by atoms with Crippen LogP contribution in [0.4, 0.5) is 5.69 Å². The van der Waals surface area contributed by atoms with Gasteiger partial charge in [-0.2, -0.15) is 4.31 Å². The van der Waals surface area contributed by atoms with Crippen molar-refractivity contribution in [2.24, 2.45) is 5.92 Å². The molecular formula is C15H21N3O5S. The topological polar surface area (TPSA) is 110 Å². The van der Waals surface area contributed by atoms with Crippen LogP contribution in [0.2, 0.25) is 0 Å². The molecule has 1 fully saturated rings. The summed E-state index contributed by atoms with van der Waals surface area (Å²) in [6.45, 7) is 4.40. The number of nitro benzene ring substituents is 1. The maximum absolute atomic E-state index is 12.7. The first kappa shape index (κ1) is 18.3. The summed E-state index contributed by atoms with van der Waals surface area (Å²) in [6, 6.07) is 3.92. The zero-order chi connectivity index (χ0) is 17.9. The van der Waals surface area contributed by atoms with Crippen LogP contribution in [0.15, 0.2) is 23.1 Å². The minimum atomic E-state index is -3.80. The number of amides is 1. The highest BCUT2D eigenvalue weighted by Gasteiger charge is 2.32. The molecule has 1 aliphatic rings. The molecule has 1 aromatic rings. The van der Waals surface area contributed by atoms with Gasteiger partial charge in [0, 0.05) is 37.2 Å². The van der Waals surface area contributed by atoms with Gasteiger partial charge in [-0.1, -0.05) is 6.07 Å². The number of nitro groups is 1. The lowest BCUT2D eigenvalue weighted by molar-refractivity contribution is -0.385. The van der Waals surface area contributed by atoms with Gasteiger partial charge in [0.05, 0.1) is 9.82 Å². The zero-order valence-electron chi connectivity index (χ0n) is 13.7. The first-order chi connectivity index (χ1) is 11.3. The summed E-state index contributed by atoms with van der Waals surface area (Å²) in [6.07, 6.45) is 0.887. The fraction of sp³-hybridized carbons (Fsp3) is 0.533. The summed E-state index contributed by atoms with van der Waals surface area (Å²) in [5.41, 5.74) is 0.196. The lowest BCUT2D eigenvalue weighted by Crippen LogP contribution is -2.42. The minimum absolute atomic E-state index is 0.0551. The molecule has 0 atom stereocenters.